The Bertz CT molecular complexity index is 941. The van der Waals surface area contributed by atoms with Crippen LogP contribution in [0.25, 0.3) is 11.1 Å². The minimum atomic E-state index is -0.253. The van der Waals surface area contributed by atoms with Gasteiger partial charge in [-0.2, -0.15) is 0 Å². The number of aliphatic hydroxyl groups is 1. The van der Waals surface area contributed by atoms with E-state index in [1.54, 1.807) is 13.3 Å². The second kappa shape index (κ2) is 10.6. The number of ether oxygens (including phenoxy) is 1. The number of nitrogens with two attached hydrogens (primary N) is 1. The van der Waals surface area contributed by atoms with Crippen molar-refractivity contribution >= 4 is 11.7 Å². The van der Waals surface area contributed by atoms with Crippen LogP contribution in [-0.2, 0) is 4.74 Å². The molecule has 1 saturated heterocycles. The number of pyridine rings is 1. The van der Waals surface area contributed by atoms with Gasteiger partial charge in [0.2, 0.25) is 0 Å². The number of aromatic nitrogens is 1. The predicted molar refractivity (Wildman–Crippen MR) is 130 cm³/mol. The number of carbonyl (C=O) groups is 1. The zero-order valence-corrected chi connectivity index (χ0v) is 19.7. The van der Waals surface area contributed by atoms with Gasteiger partial charge in [-0.05, 0) is 48.8 Å². The molecule has 0 spiro atoms. The number of aliphatic hydroxyl groups excluding tert-OH is 1. The molecule has 0 bridgehead atoms. The van der Waals surface area contributed by atoms with E-state index in [0.717, 1.165) is 63.1 Å². The topological polar surface area (TPSA) is 101 Å². The Kier molecular flexibility index (Phi) is 7.63. The van der Waals surface area contributed by atoms with E-state index >= 15 is 0 Å². The summed E-state index contributed by atoms with van der Waals surface area (Å²) in [5, 5.41) is 12.7. The van der Waals surface area contributed by atoms with Crippen LogP contribution < -0.4 is 11.1 Å². The highest BCUT2D eigenvalue weighted by molar-refractivity contribution is 5.99. The van der Waals surface area contributed by atoms with Crippen molar-refractivity contribution in [2.75, 3.05) is 39.1 Å². The van der Waals surface area contributed by atoms with Gasteiger partial charge in [0.15, 0.2) is 0 Å². The molecule has 4 N–H and O–H groups in total. The maximum absolute atomic E-state index is 12.9. The summed E-state index contributed by atoms with van der Waals surface area (Å²) in [6.07, 6.45) is 4.47. The van der Waals surface area contributed by atoms with Crippen molar-refractivity contribution in [2.45, 2.75) is 50.7 Å². The molecule has 1 amide bonds. The van der Waals surface area contributed by atoms with E-state index < -0.39 is 0 Å². The van der Waals surface area contributed by atoms with E-state index in [4.69, 9.17) is 10.5 Å². The Morgan fingerprint density at radius 1 is 1.18 bits per heavy atom. The quantitative estimate of drug-likeness (QED) is 0.597. The molecule has 7 heteroatoms. The van der Waals surface area contributed by atoms with Crippen LogP contribution in [0.1, 0.15) is 54.4 Å². The number of likely N-dealkylation sites (tertiary alicyclic amines) is 1. The molecular weight excluding hydrogens is 416 g/mol. The first-order chi connectivity index (χ1) is 15.9. The summed E-state index contributed by atoms with van der Waals surface area (Å²) in [4.78, 5) is 19.6. The van der Waals surface area contributed by atoms with Gasteiger partial charge in [0, 0.05) is 50.5 Å². The van der Waals surface area contributed by atoms with Crippen LogP contribution in [0, 0.1) is 5.92 Å². The Morgan fingerprint density at radius 3 is 2.61 bits per heavy atom. The summed E-state index contributed by atoms with van der Waals surface area (Å²) in [5.74, 6) is 1.15. The number of amides is 1. The van der Waals surface area contributed by atoms with Crippen molar-refractivity contribution in [1.29, 1.82) is 0 Å². The number of benzene rings is 1. The maximum atomic E-state index is 12.9. The van der Waals surface area contributed by atoms with Crippen LogP contribution in [0.3, 0.4) is 0 Å². The SMILES string of the molecule is COCCN1C[C@@H](C)[C@H](c2ccc(-c3cnc(N)c(C(=O)N[C@H]4CC[C@H](O)CC4)c3)cc2)C1. The zero-order valence-electron chi connectivity index (χ0n) is 19.7. The van der Waals surface area contributed by atoms with E-state index in [2.05, 4.69) is 46.4 Å². The smallest absolute Gasteiger partial charge is 0.255 e. The highest BCUT2D eigenvalue weighted by Crippen LogP contribution is 2.33. The molecule has 2 heterocycles. The molecule has 0 radical (unpaired) electrons. The molecule has 1 aromatic carbocycles. The van der Waals surface area contributed by atoms with Gasteiger partial charge < -0.3 is 25.8 Å². The minimum absolute atomic E-state index is 0.0695. The summed E-state index contributed by atoms with van der Waals surface area (Å²) in [6, 6.07) is 10.5. The molecule has 2 fully saturated rings. The van der Waals surface area contributed by atoms with E-state index in [1.807, 2.05) is 6.07 Å². The van der Waals surface area contributed by atoms with Crippen molar-refractivity contribution in [2.24, 2.45) is 5.92 Å². The molecule has 2 atom stereocenters. The number of nitrogen functional groups attached to an aromatic ring is 1. The van der Waals surface area contributed by atoms with Crippen molar-refractivity contribution in [1.82, 2.24) is 15.2 Å². The molecule has 0 unspecified atom stereocenters. The van der Waals surface area contributed by atoms with E-state index in [-0.39, 0.29) is 23.9 Å². The standard InChI is InChI=1S/C26H36N4O3/c1-17-15-30(11-12-33-2)16-24(17)19-5-3-18(4-6-19)20-13-23(25(27)28-14-20)26(32)29-21-7-9-22(31)10-8-21/h3-6,13-14,17,21-22,24,31H,7-12,15-16H2,1-2H3,(H2,27,28)(H,29,32)/t17-,21-,22-,24-/m1/s1. The number of nitrogens with one attached hydrogen (secondary N) is 1. The number of hydrogen-bond acceptors (Lipinski definition) is 6. The number of methoxy groups -OCH3 is 1. The average molecular weight is 453 g/mol. The molecular formula is C26H36N4O3. The normalized spacial score (nSPS) is 25.8. The van der Waals surface area contributed by atoms with E-state index in [0.29, 0.717) is 17.4 Å². The van der Waals surface area contributed by atoms with Crippen molar-refractivity contribution in [3.8, 4) is 11.1 Å². The number of carbonyl (C=O) groups excluding carboxylic acids is 1. The van der Waals surface area contributed by atoms with Gasteiger partial charge in [-0.25, -0.2) is 4.98 Å². The van der Waals surface area contributed by atoms with Gasteiger partial charge in [-0.1, -0.05) is 31.2 Å². The summed E-state index contributed by atoms with van der Waals surface area (Å²) >= 11 is 0. The van der Waals surface area contributed by atoms with Gasteiger partial charge in [0.25, 0.3) is 5.91 Å². The lowest BCUT2D eigenvalue weighted by molar-refractivity contribution is 0.0868. The highest BCUT2D eigenvalue weighted by Gasteiger charge is 2.30. The Morgan fingerprint density at radius 2 is 1.91 bits per heavy atom. The Balaban J connectivity index is 1.44. The van der Waals surface area contributed by atoms with Crippen LogP contribution in [0.5, 0.6) is 0 Å². The first-order valence-corrected chi connectivity index (χ1v) is 12.0. The van der Waals surface area contributed by atoms with Crippen molar-refractivity contribution in [3.05, 3.63) is 47.7 Å². The van der Waals surface area contributed by atoms with Crippen LogP contribution in [-0.4, -0.2) is 66.4 Å². The molecule has 178 valence electrons. The second-order valence-corrected chi connectivity index (χ2v) is 9.59. The number of rotatable bonds is 7. The van der Waals surface area contributed by atoms with Crippen molar-refractivity contribution in [3.63, 3.8) is 0 Å². The van der Waals surface area contributed by atoms with Gasteiger partial charge in [-0.3, -0.25) is 4.79 Å². The van der Waals surface area contributed by atoms with Crippen LogP contribution in [0.4, 0.5) is 5.82 Å². The fourth-order valence-electron chi connectivity index (χ4n) is 5.13. The largest absolute Gasteiger partial charge is 0.393 e. The lowest BCUT2D eigenvalue weighted by Gasteiger charge is -2.26. The lowest BCUT2D eigenvalue weighted by Crippen LogP contribution is -2.38. The number of hydrogen-bond donors (Lipinski definition) is 3. The van der Waals surface area contributed by atoms with E-state index in [9.17, 15) is 9.90 Å². The third-order valence-corrected chi connectivity index (χ3v) is 7.17. The number of nitrogens with zero attached hydrogens (tertiary/aromatic N) is 2. The molecule has 2 aliphatic rings. The fraction of sp³-hybridized carbons (Fsp3) is 0.538. The highest BCUT2D eigenvalue weighted by atomic mass is 16.5. The van der Waals surface area contributed by atoms with Crippen LogP contribution in [0.2, 0.25) is 0 Å². The summed E-state index contributed by atoms with van der Waals surface area (Å²) < 4.78 is 5.23. The summed E-state index contributed by atoms with van der Waals surface area (Å²) in [7, 11) is 1.75. The zero-order chi connectivity index (χ0) is 23.4. The molecule has 1 aromatic heterocycles. The molecule has 1 aliphatic heterocycles. The molecule has 1 saturated carbocycles. The lowest BCUT2D eigenvalue weighted by atomic mass is 9.89. The van der Waals surface area contributed by atoms with Crippen LogP contribution in [0.15, 0.2) is 36.5 Å². The van der Waals surface area contributed by atoms with E-state index in [1.165, 1.54) is 5.56 Å². The molecule has 7 nitrogen and oxygen atoms in total. The third-order valence-electron chi connectivity index (χ3n) is 7.17. The molecule has 2 aromatic rings. The first kappa shape index (κ1) is 23.7. The monoisotopic (exact) mass is 452 g/mol. The summed E-state index contributed by atoms with van der Waals surface area (Å²) in [5.41, 5.74) is 9.68. The molecule has 33 heavy (non-hydrogen) atoms. The minimum Gasteiger partial charge on any atom is -0.393 e. The maximum Gasteiger partial charge on any atom is 0.255 e. The molecule has 1 aliphatic carbocycles. The fourth-order valence-corrected chi connectivity index (χ4v) is 5.13. The summed E-state index contributed by atoms with van der Waals surface area (Å²) in [6.45, 7) is 6.19. The number of anilines is 1. The first-order valence-electron chi connectivity index (χ1n) is 12.0. The second-order valence-electron chi connectivity index (χ2n) is 9.59. The Labute approximate surface area is 196 Å². The average Bonchev–Trinajstić information content (AvgIpc) is 3.20. The van der Waals surface area contributed by atoms with Gasteiger partial charge in [-0.15, -0.1) is 0 Å². The Hall–Kier alpha value is -2.48. The van der Waals surface area contributed by atoms with Gasteiger partial charge >= 0.3 is 0 Å². The third kappa shape index (κ3) is 5.72. The molecule has 4 rings (SSSR count). The van der Waals surface area contributed by atoms with Gasteiger partial charge in [0.1, 0.15) is 5.82 Å². The van der Waals surface area contributed by atoms with Gasteiger partial charge in [0.05, 0.1) is 18.3 Å². The van der Waals surface area contributed by atoms with Crippen LogP contribution >= 0.6 is 0 Å². The predicted octanol–water partition coefficient (Wildman–Crippen LogP) is 3.05. The van der Waals surface area contributed by atoms with Crippen molar-refractivity contribution < 1.29 is 14.6 Å².